The van der Waals surface area contributed by atoms with E-state index >= 15 is 0 Å². The molecule has 1 heterocycles. The van der Waals surface area contributed by atoms with E-state index in [-0.39, 0.29) is 45.5 Å². The Morgan fingerprint density at radius 1 is 1.14 bits per heavy atom. The number of aliphatic hydroxyl groups is 3. The summed E-state index contributed by atoms with van der Waals surface area (Å²) in [7, 11) is -4.12. The molecule has 226 valence electrons. The molecule has 5 N–H and O–H groups in total. The predicted octanol–water partition coefficient (Wildman–Crippen LogP) is 4.39. The molecule has 2 saturated carbocycles. The van der Waals surface area contributed by atoms with Gasteiger partial charge in [0.1, 0.15) is 17.5 Å². The molecule has 0 saturated heterocycles. The topological polar surface area (TPSA) is 153 Å². The third-order valence-corrected chi connectivity index (χ3v) is 11.0. The maximum Gasteiger partial charge on any atom is 0.255 e. The Bertz CT molecular complexity index is 1620. The second-order valence-electron chi connectivity index (χ2n) is 11.5. The number of aromatic amines is 1. The summed E-state index contributed by atoms with van der Waals surface area (Å²) in [5, 5.41) is 33.5. The van der Waals surface area contributed by atoms with Crippen LogP contribution in [-0.2, 0) is 15.4 Å². The van der Waals surface area contributed by atoms with Crippen LogP contribution < -0.4 is 5.32 Å². The van der Waals surface area contributed by atoms with Crippen molar-refractivity contribution in [2.75, 3.05) is 5.32 Å². The number of nitrogens with zero attached hydrogens (tertiary/aromatic N) is 1. The van der Waals surface area contributed by atoms with Crippen LogP contribution in [0.1, 0.15) is 67.5 Å². The van der Waals surface area contributed by atoms with Gasteiger partial charge in [0, 0.05) is 23.4 Å². The molecule has 0 radical (unpaired) electrons. The molecule has 0 spiro atoms. The fourth-order valence-corrected chi connectivity index (χ4v) is 8.48. The number of H-pyrrole nitrogens is 1. The molecule has 14 heteroatoms. The Balaban J connectivity index is 1.38. The first kappa shape index (κ1) is 30.5. The fourth-order valence-electron chi connectivity index (χ4n) is 6.07. The van der Waals surface area contributed by atoms with Crippen LogP contribution in [0.25, 0.3) is 0 Å². The largest absolute Gasteiger partial charge is 0.387 e. The number of fused-ring (bicyclic) bond motifs is 2. The number of carbonyl (C=O) groups is 1. The Morgan fingerprint density at radius 3 is 2.31 bits per heavy atom. The summed E-state index contributed by atoms with van der Waals surface area (Å²) < 4.78 is 68.1. The van der Waals surface area contributed by atoms with Gasteiger partial charge < -0.3 is 25.6 Å². The molecular formula is C28H29ClF3N3O6S. The maximum atomic E-state index is 13.8. The van der Waals surface area contributed by atoms with Crippen molar-refractivity contribution >= 4 is 33.0 Å². The molecular weight excluding hydrogens is 599 g/mol. The Morgan fingerprint density at radius 2 is 1.74 bits per heavy atom. The molecule has 2 aliphatic carbocycles. The molecule has 1 amide bonds. The third-order valence-electron chi connectivity index (χ3n) is 8.32. The van der Waals surface area contributed by atoms with E-state index in [4.69, 9.17) is 11.6 Å². The van der Waals surface area contributed by atoms with Crippen LogP contribution in [-0.4, -0.2) is 50.5 Å². The number of nitrogens with one attached hydrogen (secondary N) is 2. The zero-order valence-electron chi connectivity index (χ0n) is 22.5. The smallest absolute Gasteiger partial charge is 0.255 e. The first-order valence-corrected chi connectivity index (χ1v) is 15.1. The highest BCUT2D eigenvalue weighted by Gasteiger charge is 2.58. The van der Waals surface area contributed by atoms with E-state index in [9.17, 15) is 41.7 Å². The number of anilines is 1. The van der Waals surface area contributed by atoms with Crippen molar-refractivity contribution in [1.82, 2.24) is 9.97 Å². The van der Waals surface area contributed by atoms with Gasteiger partial charge in [0.05, 0.1) is 32.7 Å². The summed E-state index contributed by atoms with van der Waals surface area (Å²) in [6.07, 6.45) is 1.24. The number of aliphatic hydroxyl groups excluding tert-OH is 1. The molecule has 2 aromatic carbocycles. The number of rotatable bonds is 7. The molecule has 2 bridgehead atoms. The van der Waals surface area contributed by atoms with Gasteiger partial charge >= 0.3 is 0 Å². The van der Waals surface area contributed by atoms with Crippen molar-refractivity contribution in [3.05, 3.63) is 76.1 Å². The number of hydrogen-bond donors (Lipinski definition) is 5. The van der Waals surface area contributed by atoms with E-state index in [1.807, 2.05) is 0 Å². The van der Waals surface area contributed by atoms with E-state index in [2.05, 4.69) is 15.3 Å². The lowest BCUT2D eigenvalue weighted by molar-refractivity contribution is -0.0727. The fraction of sp³-hybridized carbons (Fsp3) is 0.429. The Labute approximate surface area is 244 Å². The first-order valence-electron chi connectivity index (χ1n) is 13.2. The van der Waals surface area contributed by atoms with E-state index in [0.29, 0.717) is 25.0 Å². The molecule has 2 unspecified atom stereocenters. The number of carbonyl (C=O) groups excluding carboxylic acids is 1. The minimum absolute atomic E-state index is 0.0697. The molecule has 0 aliphatic heterocycles. The first-order chi connectivity index (χ1) is 19.5. The highest BCUT2D eigenvalue weighted by Crippen LogP contribution is 2.56. The van der Waals surface area contributed by atoms with Gasteiger partial charge in [-0.25, -0.2) is 26.6 Å². The highest BCUT2D eigenvalue weighted by atomic mass is 35.5. The average molecular weight is 628 g/mol. The number of imidazole rings is 1. The lowest BCUT2D eigenvalue weighted by Gasteiger charge is -2.41. The van der Waals surface area contributed by atoms with Crippen LogP contribution in [0.5, 0.6) is 0 Å². The van der Waals surface area contributed by atoms with Gasteiger partial charge in [-0.2, -0.15) is 0 Å². The number of sulfone groups is 1. The molecule has 1 aromatic heterocycles. The highest BCUT2D eigenvalue weighted by molar-refractivity contribution is 7.92. The van der Waals surface area contributed by atoms with Gasteiger partial charge in [-0.3, -0.25) is 4.79 Å². The second kappa shape index (κ2) is 10.6. The van der Waals surface area contributed by atoms with Crippen LogP contribution in [0, 0.1) is 29.3 Å². The number of aromatic nitrogens is 2. The van der Waals surface area contributed by atoms with E-state index in [1.165, 1.54) is 32.2 Å². The van der Waals surface area contributed by atoms with Crippen LogP contribution >= 0.6 is 11.6 Å². The molecule has 5 rings (SSSR count). The summed E-state index contributed by atoms with van der Waals surface area (Å²) in [6.45, 7) is 2.86. The average Bonchev–Trinajstić information content (AvgIpc) is 3.44. The van der Waals surface area contributed by atoms with E-state index in [1.54, 1.807) is 0 Å². The third kappa shape index (κ3) is 5.21. The SMILES string of the molecule is CC(C)(O)C(O)c1cnc([C@@]2(O)C3CC[C@H]2C[C@H](S(=O)(=O)c2cc(C(=O)Nc4cc(F)c(F)c(F)c4)ccc2Cl)C3)[nH]1. The van der Waals surface area contributed by atoms with Gasteiger partial charge in [0.2, 0.25) is 0 Å². The molecule has 2 aliphatic rings. The lowest BCUT2D eigenvalue weighted by Crippen LogP contribution is -2.46. The van der Waals surface area contributed by atoms with Gasteiger partial charge in [-0.15, -0.1) is 0 Å². The summed E-state index contributed by atoms with van der Waals surface area (Å²) in [4.78, 5) is 19.7. The second-order valence-corrected chi connectivity index (χ2v) is 14.1. The van der Waals surface area contributed by atoms with Crippen LogP contribution in [0.3, 0.4) is 0 Å². The number of hydrogen-bond acceptors (Lipinski definition) is 7. The summed E-state index contributed by atoms with van der Waals surface area (Å²) >= 11 is 6.27. The Hall–Kier alpha value is -2.97. The van der Waals surface area contributed by atoms with Gasteiger partial charge in [0.25, 0.3) is 5.91 Å². The molecule has 2 fully saturated rings. The normalized spacial score (nSPS) is 24.9. The monoisotopic (exact) mass is 627 g/mol. The minimum atomic E-state index is -4.12. The summed E-state index contributed by atoms with van der Waals surface area (Å²) in [5.41, 5.74) is -3.25. The lowest BCUT2D eigenvalue weighted by atomic mass is 9.74. The minimum Gasteiger partial charge on any atom is -0.387 e. The molecule has 9 nitrogen and oxygen atoms in total. The van der Waals surface area contributed by atoms with Gasteiger partial charge in [0.15, 0.2) is 27.3 Å². The van der Waals surface area contributed by atoms with Crippen molar-refractivity contribution in [3.63, 3.8) is 0 Å². The van der Waals surface area contributed by atoms with E-state index < -0.39 is 67.6 Å². The van der Waals surface area contributed by atoms with Crippen molar-refractivity contribution in [1.29, 1.82) is 0 Å². The number of amides is 1. The van der Waals surface area contributed by atoms with Crippen LogP contribution in [0.4, 0.5) is 18.9 Å². The molecule has 42 heavy (non-hydrogen) atoms. The summed E-state index contributed by atoms with van der Waals surface area (Å²) in [5.74, 6) is -6.40. The van der Waals surface area contributed by atoms with E-state index in [0.717, 1.165) is 6.07 Å². The predicted molar refractivity (Wildman–Crippen MR) is 146 cm³/mol. The number of benzene rings is 2. The van der Waals surface area contributed by atoms with Gasteiger partial charge in [-0.1, -0.05) is 11.6 Å². The van der Waals surface area contributed by atoms with Crippen molar-refractivity contribution in [3.8, 4) is 0 Å². The van der Waals surface area contributed by atoms with Crippen molar-refractivity contribution < 1.29 is 41.7 Å². The van der Waals surface area contributed by atoms with Gasteiger partial charge in [-0.05, 0) is 69.6 Å². The van der Waals surface area contributed by atoms with Crippen molar-refractivity contribution in [2.24, 2.45) is 11.8 Å². The number of halogens is 4. The van der Waals surface area contributed by atoms with Crippen LogP contribution in [0.15, 0.2) is 41.4 Å². The standard InChI is InChI=1S/C28H29ClF3N3O6S/c1-27(2,38)24(36)21-12-33-26(35-21)28(39)14-4-5-15(28)9-17(8-14)42(40,41)22-7-13(3-6-18(22)29)25(37)34-16-10-19(30)23(32)20(31)11-16/h3,6-7,10-12,14-15,17,24,36,38-39H,4-5,8-9H2,1-2H3,(H,33,35)(H,34,37)/t14-,15?,17-,24?,28-/m0/s1. The molecule has 3 aromatic rings. The molecule has 5 atom stereocenters. The van der Waals surface area contributed by atoms with Crippen molar-refractivity contribution in [2.45, 2.75) is 67.0 Å². The Kier molecular flexibility index (Phi) is 7.72. The zero-order chi connectivity index (χ0) is 30.8. The zero-order valence-corrected chi connectivity index (χ0v) is 24.1. The maximum absolute atomic E-state index is 13.8. The quantitative estimate of drug-likeness (QED) is 0.244. The summed E-state index contributed by atoms with van der Waals surface area (Å²) in [6, 6.07) is 4.73. The van der Waals surface area contributed by atoms with Crippen LogP contribution in [0.2, 0.25) is 5.02 Å².